The van der Waals surface area contributed by atoms with Gasteiger partial charge in [-0.15, -0.1) is 0 Å². The molecule has 5 heteroatoms. The highest BCUT2D eigenvalue weighted by atomic mass is 16.5. The lowest BCUT2D eigenvalue weighted by Gasteiger charge is -2.11. The molecule has 1 aromatic carbocycles. The van der Waals surface area contributed by atoms with E-state index in [1.54, 1.807) is 14.2 Å². The lowest BCUT2D eigenvalue weighted by Crippen LogP contribution is -2.35. The van der Waals surface area contributed by atoms with Crippen LogP contribution in [0.2, 0.25) is 0 Å². The third-order valence-corrected chi connectivity index (χ3v) is 2.87. The van der Waals surface area contributed by atoms with E-state index in [-0.39, 0.29) is 11.9 Å². The van der Waals surface area contributed by atoms with Gasteiger partial charge in [0.05, 0.1) is 13.7 Å². The first-order valence-corrected chi connectivity index (χ1v) is 6.10. The lowest BCUT2D eigenvalue weighted by atomic mass is 10.2. The predicted molar refractivity (Wildman–Crippen MR) is 73.7 cm³/mol. The Labute approximate surface area is 111 Å². The van der Waals surface area contributed by atoms with Gasteiger partial charge in [-0.25, -0.2) is 0 Å². The van der Waals surface area contributed by atoms with Gasteiger partial charge in [0.2, 0.25) is 0 Å². The summed E-state index contributed by atoms with van der Waals surface area (Å²) in [7, 11) is 3.22. The van der Waals surface area contributed by atoms with Gasteiger partial charge in [0.15, 0.2) is 0 Å². The van der Waals surface area contributed by atoms with Crippen molar-refractivity contribution in [3.05, 3.63) is 30.0 Å². The van der Waals surface area contributed by atoms with Gasteiger partial charge in [0, 0.05) is 30.1 Å². The van der Waals surface area contributed by atoms with Gasteiger partial charge in [-0.2, -0.15) is 0 Å². The number of hydrogen-bond donors (Lipinski definition) is 2. The van der Waals surface area contributed by atoms with E-state index in [9.17, 15) is 4.79 Å². The number of benzene rings is 1. The summed E-state index contributed by atoms with van der Waals surface area (Å²) in [6.45, 7) is 2.38. The van der Waals surface area contributed by atoms with Gasteiger partial charge in [-0.05, 0) is 25.1 Å². The summed E-state index contributed by atoms with van der Waals surface area (Å²) in [6, 6.07) is 7.44. The Morgan fingerprint density at radius 3 is 2.84 bits per heavy atom. The number of carbonyl (C=O) groups excluding carboxylic acids is 1. The molecule has 0 aliphatic carbocycles. The SMILES string of the molecule is COCC(C)NC(=O)c1cc2ccc(OC)cc2[nH]1. The van der Waals surface area contributed by atoms with Crippen LogP contribution in [-0.4, -0.2) is 37.8 Å². The second-order valence-corrected chi connectivity index (χ2v) is 4.47. The van der Waals surface area contributed by atoms with Crippen LogP contribution in [0.25, 0.3) is 10.9 Å². The molecule has 1 heterocycles. The zero-order valence-electron chi connectivity index (χ0n) is 11.3. The van der Waals surface area contributed by atoms with E-state index in [1.807, 2.05) is 31.2 Å². The van der Waals surface area contributed by atoms with Gasteiger partial charge in [0.25, 0.3) is 5.91 Å². The first-order valence-electron chi connectivity index (χ1n) is 6.10. The van der Waals surface area contributed by atoms with E-state index in [1.165, 1.54) is 0 Å². The van der Waals surface area contributed by atoms with Gasteiger partial charge < -0.3 is 19.8 Å². The number of ether oxygens (including phenoxy) is 2. The number of rotatable bonds is 5. The summed E-state index contributed by atoms with van der Waals surface area (Å²) in [6.07, 6.45) is 0. The smallest absolute Gasteiger partial charge is 0.268 e. The molecule has 2 rings (SSSR count). The highest BCUT2D eigenvalue weighted by molar-refractivity contribution is 5.98. The molecule has 1 amide bonds. The van der Waals surface area contributed by atoms with Crippen molar-refractivity contribution in [3.8, 4) is 5.75 Å². The molecule has 0 aliphatic rings. The highest BCUT2D eigenvalue weighted by Crippen LogP contribution is 2.21. The van der Waals surface area contributed by atoms with Crippen LogP contribution in [0.3, 0.4) is 0 Å². The van der Waals surface area contributed by atoms with E-state index < -0.39 is 0 Å². The average molecular weight is 262 g/mol. The van der Waals surface area contributed by atoms with Crippen molar-refractivity contribution in [3.63, 3.8) is 0 Å². The summed E-state index contributed by atoms with van der Waals surface area (Å²) in [4.78, 5) is 15.1. The molecule has 102 valence electrons. The maximum absolute atomic E-state index is 12.0. The maximum atomic E-state index is 12.0. The number of methoxy groups -OCH3 is 2. The Morgan fingerprint density at radius 2 is 2.16 bits per heavy atom. The lowest BCUT2D eigenvalue weighted by molar-refractivity contribution is 0.0901. The standard InChI is InChI=1S/C14H18N2O3/c1-9(8-18-2)15-14(17)13-6-10-4-5-11(19-3)7-12(10)16-13/h4-7,9,16H,8H2,1-3H3,(H,15,17). The van der Waals surface area contributed by atoms with Crippen LogP contribution in [0.1, 0.15) is 17.4 Å². The molecule has 0 fully saturated rings. The molecular weight excluding hydrogens is 244 g/mol. The Morgan fingerprint density at radius 1 is 1.37 bits per heavy atom. The molecule has 19 heavy (non-hydrogen) atoms. The van der Waals surface area contributed by atoms with Crippen LogP contribution in [0, 0.1) is 0 Å². The van der Waals surface area contributed by atoms with Crippen LogP contribution in [-0.2, 0) is 4.74 Å². The van der Waals surface area contributed by atoms with Crippen molar-refractivity contribution in [1.82, 2.24) is 10.3 Å². The third-order valence-electron chi connectivity index (χ3n) is 2.87. The predicted octanol–water partition coefficient (Wildman–Crippen LogP) is 1.94. The fourth-order valence-corrected chi connectivity index (χ4v) is 1.95. The maximum Gasteiger partial charge on any atom is 0.268 e. The fraction of sp³-hybridized carbons (Fsp3) is 0.357. The van der Waals surface area contributed by atoms with Crippen LogP contribution in [0.4, 0.5) is 0 Å². The second-order valence-electron chi connectivity index (χ2n) is 4.47. The van der Waals surface area contributed by atoms with Crippen LogP contribution in [0.15, 0.2) is 24.3 Å². The minimum atomic E-state index is -0.139. The van der Waals surface area contributed by atoms with Gasteiger partial charge in [-0.1, -0.05) is 0 Å². The molecule has 0 aliphatic heterocycles. The summed E-state index contributed by atoms with van der Waals surface area (Å²) >= 11 is 0. The quantitative estimate of drug-likeness (QED) is 0.865. The largest absolute Gasteiger partial charge is 0.497 e. The molecule has 1 aromatic heterocycles. The highest BCUT2D eigenvalue weighted by Gasteiger charge is 2.12. The van der Waals surface area contributed by atoms with Gasteiger partial charge in [-0.3, -0.25) is 4.79 Å². The number of fused-ring (bicyclic) bond motifs is 1. The molecule has 0 radical (unpaired) electrons. The molecular formula is C14H18N2O3. The number of H-pyrrole nitrogens is 1. The molecule has 1 atom stereocenters. The van der Waals surface area contributed by atoms with Crippen LogP contribution >= 0.6 is 0 Å². The van der Waals surface area contributed by atoms with Gasteiger partial charge >= 0.3 is 0 Å². The molecule has 0 saturated heterocycles. The van der Waals surface area contributed by atoms with Crippen molar-refractivity contribution in [2.45, 2.75) is 13.0 Å². The van der Waals surface area contributed by atoms with Crippen molar-refractivity contribution in [2.24, 2.45) is 0 Å². The molecule has 2 aromatic rings. The van der Waals surface area contributed by atoms with Crippen molar-refractivity contribution < 1.29 is 14.3 Å². The molecule has 1 unspecified atom stereocenters. The van der Waals surface area contributed by atoms with Crippen molar-refractivity contribution in [2.75, 3.05) is 20.8 Å². The summed E-state index contributed by atoms with van der Waals surface area (Å²) in [5.41, 5.74) is 1.41. The zero-order chi connectivity index (χ0) is 13.8. The molecule has 0 spiro atoms. The third kappa shape index (κ3) is 3.06. The fourth-order valence-electron chi connectivity index (χ4n) is 1.95. The second kappa shape index (κ2) is 5.75. The first-order chi connectivity index (χ1) is 9.13. The summed E-state index contributed by atoms with van der Waals surface area (Å²) in [5.74, 6) is 0.619. The minimum absolute atomic E-state index is 0.0292. The number of hydrogen-bond acceptors (Lipinski definition) is 3. The number of amides is 1. The van der Waals surface area contributed by atoms with E-state index >= 15 is 0 Å². The number of aromatic amines is 1. The minimum Gasteiger partial charge on any atom is -0.497 e. The Hall–Kier alpha value is -2.01. The Kier molecular flexibility index (Phi) is 4.06. The van der Waals surface area contributed by atoms with E-state index in [0.29, 0.717) is 12.3 Å². The molecule has 5 nitrogen and oxygen atoms in total. The van der Waals surface area contributed by atoms with Crippen molar-refractivity contribution in [1.29, 1.82) is 0 Å². The van der Waals surface area contributed by atoms with E-state index in [0.717, 1.165) is 16.7 Å². The Balaban J connectivity index is 2.18. The number of aromatic nitrogens is 1. The number of nitrogens with one attached hydrogen (secondary N) is 2. The molecule has 0 bridgehead atoms. The summed E-state index contributed by atoms with van der Waals surface area (Å²) in [5, 5.41) is 3.84. The topological polar surface area (TPSA) is 63.4 Å². The average Bonchev–Trinajstić information content (AvgIpc) is 2.81. The molecule has 0 saturated carbocycles. The summed E-state index contributed by atoms with van der Waals surface area (Å²) < 4.78 is 10.1. The van der Waals surface area contributed by atoms with Gasteiger partial charge in [0.1, 0.15) is 11.4 Å². The van der Waals surface area contributed by atoms with Crippen molar-refractivity contribution >= 4 is 16.8 Å². The van der Waals surface area contributed by atoms with Crippen LogP contribution < -0.4 is 10.1 Å². The normalized spacial score (nSPS) is 12.4. The van der Waals surface area contributed by atoms with E-state index in [4.69, 9.17) is 9.47 Å². The Bertz CT molecular complexity index is 577. The molecule has 2 N–H and O–H groups in total. The van der Waals surface area contributed by atoms with Crippen LogP contribution in [0.5, 0.6) is 5.75 Å². The monoisotopic (exact) mass is 262 g/mol. The first kappa shape index (κ1) is 13.4. The van der Waals surface area contributed by atoms with E-state index in [2.05, 4.69) is 10.3 Å². The number of carbonyl (C=O) groups is 1. The zero-order valence-corrected chi connectivity index (χ0v) is 11.3.